The molecule has 0 fully saturated rings. The van der Waals surface area contributed by atoms with Gasteiger partial charge in [-0.2, -0.15) is 0 Å². The number of allylic oxidation sites excluding steroid dienone is 2. The molecular weight excluding hydrogens is 897 g/mol. The first-order valence-corrected chi connectivity index (χ1v) is 33.7. The van der Waals surface area contributed by atoms with Gasteiger partial charge in [0.05, 0.1) is 6.61 Å². The van der Waals surface area contributed by atoms with E-state index in [1.165, 1.54) is 334 Å². The van der Waals surface area contributed by atoms with E-state index in [2.05, 4.69) is 26.0 Å². The zero-order valence-electron chi connectivity index (χ0n) is 49.9. The van der Waals surface area contributed by atoms with Crippen LogP contribution in [0, 0.1) is 0 Å². The van der Waals surface area contributed by atoms with Crippen molar-refractivity contribution in [2.24, 2.45) is 0 Å². The molecule has 5 heteroatoms. The summed E-state index contributed by atoms with van der Waals surface area (Å²) < 4.78 is 10.7. The monoisotopic (exact) mass is 1030 g/mol. The molecule has 434 valence electrons. The Morgan fingerprint density at radius 3 is 0.740 bits per heavy atom. The zero-order valence-corrected chi connectivity index (χ0v) is 49.9. The predicted octanol–water partition coefficient (Wildman–Crippen LogP) is 23.0. The van der Waals surface area contributed by atoms with Crippen LogP contribution in [-0.2, 0) is 19.1 Å². The summed E-state index contributed by atoms with van der Waals surface area (Å²) in [5, 5.41) is 9.68. The molecule has 0 saturated carbocycles. The van der Waals surface area contributed by atoms with Gasteiger partial charge in [0, 0.05) is 12.8 Å². The lowest BCUT2D eigenvalue weighted by molar-refractivity contribution is -0.161. The van der Waals surface area contributed by atoms with E-state index in [4.69, 9.17) is 9.47 Å². The quantitative estimate of drug-likeness (QED) is 0.0373. The molecule has 73 heavy (non-hydrogen) atoms. The number of carbonyl (C=O) groups is 2. The number of carbonyl (C=O) groups excluding carboxylic acids is 2. The van der Waals surface area contributed by atoms with Gasteiger partial charge in [-0.25, -0.2) is 0 Å². The first kappa shape index (κ1) is 71.6. The minimum absolute atomic E-state index is 0.0564. The molecule has 0 aliphatic carbocycles. The third-order valence-corrected chi connectivity index (χ3v) is 15.8. The number of ether oxygens (including phenoxy) is 2. The topological polar surface area (TPSA) is 72.8 Å². The van der Waals surface area contributed by atoms with Gasteiger partial charge in [0.15, 0.2) is 6.10 Å². The second kappa shape index (κ2) is 64.9. The summed E-state index contributed by atoms with van der Waals surface area (Å²) in [5.74, 6) is -0.562. The molecule has 1 atom stereocenters. The minimum atomic E-state index is -0.766. The van der Waals surface area contributed by atoms with Gasteiger partial charge in [0.25, 0.3) is 0 Å². The smallest absolute Gasteiger partial charge is 0.306 e. The standard InChI is InChI=1S/C68H132O5/c1-3-5-7-9-11-13-15-17-19-21-23-25-26-27-28-29-30-31-32-33-34-35-36-37-38-39-40-41-42-43-45-47-49-51-53-55-57-59-61-63-68(71)73-66(64-69)65-72-67(70)62-60-58-56-54-52-50-48-46-44-24-22-20-18-16-14-12-10-8-6-4-2/h21,23,66,69H,3-20,22,24-65H2,1-2H3/b23-21-. The first-order valence-electron chi connectivity index (χ1n) is 33.7. The average Bonchev–Trinajstić information content (AvgIpc) is 3.39. The van der Waals surface area contributed by atoms with E-state index in [0.29, 0.717) is 12.8 Å². The number of unbranched alkanes of at least 4 members (excludes halogenated alkanes) is 54. The van der Waals surface area contributed by atoms with Gasteiger partial charge in [-0.3, -0.25) is 9.59 Å². The number of aliphatic hydroxyl groups excluding tert-OH is 1. The average molecular weight is 1030 g/mol. The van der Waals surface area contributed by atoms with Crippen LogP contribution < -0.4 is 0 Å². The van der Waals surface area contributed by atoms with Crippen molar-refractivity contribution in [3.8, 4) is 0 Å². The molecule has 0 saturated heterocycles. The Bertz CT molecular complexity index is 1070. The van der Waals surface area contributed by atoms with E-state index in [1.807, 2.05) is 0 Å². The number of hydrogen-bond donors (Lipinski definition) is 1. The zero-order chi connectivity index (χ0) is 52.7. The van der Waals surface area contributed by atoms with Crippen LogP contribution in [0.15, 0.2) is 12.2 Å². The van der Waals surface area contributed by atoms with E-state index in [-0.39, 0.29) is 25.2 Å². The second-order valence-electron chi connectivity index (χ2n) is 23.3. The Labute approximate surface area is 458 Å². The van der Waals surface area contributed by atoms with Crippen LogP contribution in [0.2, 0.25) is 0 Å². The van der Waals surface area contributed by atoms with Crippen molar-refractivity contribution in [1.82, 2.24) is 0 Å². The number of esters is 2. The molecule has 0 heterocycles. The Balaban J connectivity index is 3.34. The van der Waals surface area contributed by atoms with Crippen molar-refractivity contribution in [2.75, 3.05) is 13.2 Å². The van der Waals surface area contributed by atoms with Crippen LogP contribution in [0.25, 0.3) is 0 Å². The van der Waals surface area contributed by atoms with Gasteiger partial charge in [0.2, 0.25) is 0 Å². The minimum Gasteiger partial charge on any atom is -0.462 e. The van der Waals surface area contributed by atoms with Gasteiger partial charge in [-0.1, -0.05) is 353 Å². The van der Waals surface area contributed by atoms with Crippen LogP contribution in [-0.4, -0.2) is 36.4 Å². The van der Waals surface area contributed by atoms with Crippen LogP contribution in [0.1, 0.15) is 393 Å². The number of hydrogen-bond acceptors (Lipinski definition) is 5. The molecule has 0 radical (unpaired) electrons. The summed E-state index contributed by atoms with van der Waals surface area (Å²) in [5.41, 5.74) is 0. The number of rotatable bonds is 64. The molecule has 0 aromatic rings. The summed E-state index contributed by atoms with van der Waals surface area (Å²) >= 11 is 0. The maximum atomic E-state index is 12.3. The highest BCUT2D eigenvalue weighted by atomic mass is 16.6. The van der Waals surface area contributed by atoms with E-state index in [0.717, 1.165) is 32.1 Å². The Hall–Kier alpha value is -1.36. The molecule has 0 aromatic carbocycles. The van der Waals surface area contributed by atoms with Crippen molar-refractivity contribution in [1.29, 1.82) is 0 Å². The lowest BCUT2D eigenvalue weighted by atomic mass is 10.0. The summed E-state index contributed by atoms with van der Waals surface area (Å²) in [6.45, 7) is 4.21. The van der Waals surface area contributed by atoms with E-state index in [9.17, 15) is 14.7 Å². The summed E-state index contributed by atoms with van der Waals surface area (Å²) in [7, 11) is 0. The molecule has 5 nitrogen and oxygen atoms in total. The third kappa shape index (κ3) is 63.1. The highest BCUT2D eigenvalue weighted by molar-refractivity contribution is 5.70. The molecule has 0 aliphatic heterocycles. The van der Waals surface area contributed by atoms with Gasteiger partial charge in [-0.05, 0) is 38.5 Å². The maximum absolute atomic E-state index is 12.3. The molecule has 0 aromatic heterocycles. The largest absolute Gasteiger partial charge is 0.462 e. The van der Waals surface area contributed by atoms with Crippen molar-refractivity contribution in [3.05, 3.63) is 12.2 Å². The van der Waals surface area contributed by atoms with Crippen molar-refractivity contribution in [2.45, 2.75) is 399 Å². The van der Waals surface area contributed by atoms with E-state index in [1.54, 1.807) is 0 Å². The van der Waals surface area contributed by atoms with Crippen LogP contribution in [0.4, 0.5) is 0 Å². The number of aliphatic hydroxyl groups is 1. The summed E-state index contributed by atoms with van der Waals surface area (Å²) in [6, 6.07) is 0. The van der Waals surface area contributed by atoms with Crippen LogP contribution >= 0.6 is 0 Å². The molecule has 0 bridgehead atoms. The predicted molar refractivity (Wildman–Crippen MR) is 321 cm³/mol. The van der Waals surface area contributed by atoms with E-state index < -0.39 is 6.10 Å². The molecular formula is C68H132O5. The van der Waals surface area contributed by atoms with Crippen LogP contribution in [0.3, 0.4) is 0 Å². The lowest BCUT2D eigenvalue weighted by Crippen LogP contribution is -2.28. The normalized spacial score (nSPS) is 12.1. The fourth-order valence-electron chi connectivity index (χ4n) is 10.7. The molecule has 0 amide bonds. The van der Waals surface area contributed by atoms with Gasteiger partial charge in [0.1, 0.15) is 6.61 Å². The van der Waals surface area contributed by atoms with Crippen molar-refractivity contribution < 1.29 is 24.2 Å². The van der Waals surface area contributed by atoms with Crippen molar-refractivity contribution >= 4 is 11.9 Å². The van der Waals surface area contributed by atoms with Crippen LogP contribution in [0.5, 0.6) is 0 Å². The maximum Gasteiger partial charge on any atom is 0.306 e. The molecule has 1 N–H and O–H groups in total. The fourth-order valence-corrected chi connectivity index (χ4v) is 10.7. The van der Waals surface area contributed by atoms with Crippen molar-refractivity contribution in [3.63, 3.8) is 0 Å². The fraction of sp³-hybridized carbons (Fsp3) is 0.941. The Morgan fingerprint density at radius 2 is 0.507 bits per heavy atom. The summed E-state index contributed by atoms with van der Waals surface area (Å²) in [4.78, 5) is 24.6. The van der Waals surface area contributed by atoms with E-state index >= 15 is 0 Å². The summed E-state index contributed by atoms with van der Waals surface area (Å²) in [6.07, 6.45) is 82.5. The molecule has 0 rings (SSSR count). The van der Waals surface area contributed by atoms with Gasteiger partial charge < -0.3 is 14.6 Å². The molecule has 0 aliphatic rings. The first-order chi connectivity index (χ1) is 36.1. The Morgan fingerprint density at radius 1 is 0.301 bits per heavy atom. The lowest BCUT2D eigenvalue weighted by Gasteiger charge is -2.15. The highest BCUT2D eigenvalue weighted by Crippen LogP contribution is 2.19. The second-order valence-corrected chi connectivity index (χ2v) is 23.3. The SMILES string of the molecule is CCCCCCCCCC/C=C\CCCCCCCCCCCCCCCCCCCCCCCCCCCCCC(=O)OC(CO)COC(=O)CCCCCCCCCCCCCCCCCCCCCC. The Kier molecular flexibility index (Phi) is 63.7. The molecule has 1 unspecified atom stereocenters. The van der Waals surface area contributed by atoms with Gasteiger partial charge >= 0.3 is 11.9 Å². The third-order valence-electron chi connectivity index (χ3n) is 15.8. The van der Waals surface area contributed by atoms with Gasteiger partial charge in [-0.15, -0.1) is 0 Å². The molecule has 0 spiro atoms. The highest BCUT2D eigenvalue weighted by Gasteiger charge is 2.16.